The van der Waals surface area contributed by atoms with Crippen LogP contribution >= 0.6 is 0 Å². The van der Waals surface area contributed by atoms with Gasteiger partial charge >= 0.3 is 0 Å². The van der Waals surface area contributed by atoms with Crippen LogP contribution in [0.1, 0.15) is 16.4 Å². The first-order chi connectivity index (χ1) is 11.8. The standard InChI is InChI=1S/C18H14N4O2/c23-18(16-10-13-6-4-5-9-15(13)24-16)19-11-17-20-12-22(21-17)14-7-2-1-3-8-14/h1-10,12H,11H2,(H,19,23). The Morgan fingerprint density at radius 1 is 1.08 bits per heavy atom. The molecule has 4 rings (SSSR count). The van der Waals surface area contributed by atoms with Gasteiger partial charge in [0.1, 0.15) is 11.9 Å². The number of para-hydroxylation sites is 2. The molecule has 0 saturated heterocycles. The van der Waals surface area contributed by atoms with Gasteiger partial charge in [0, 0.05) is 5.39 Å². The van der Waals surface area contributed by atoms with E-state index in [1.807, 2.05) is 54.6 Å². The number of hydrogen-bond donors (Lipinski definition) is 1. The number of nitrogens with zero attached hydrogens (tertiary/aromatic N) is 3. The number of carbonyl (C=O) groups excluding carboxylic acids is 1. The monoisotopic (exact) mass is 318 g/mol. The smallest absolute Gasteiger partial charge is 0.287 e. The van der Waals surface area contributed by atoms with Crippen LogP contribution in [0, 0.1) is 0 Å². The maximum Gasteiger partial charge on any atom is 0.287 e. The van der Waals surface area contributed by atoms with E-state index in [0.29, 0.717) is 11.4 Å². The first kappa shape index (κ1) is 14.2. The minimum absolute atomic E-state index is 0.232. The fourth-order valence-corrected chi connectivity index (χ4v) is 2.42. The molecule has 0 spiro atoms. The van der Waals surface area contributed by atoms with Gasteiger partial charge in [-0.3, -0.25) is 4.79 Å². The van der Waals surface area contributed by atoms with E-state index in [4.69, 9.17) is 4.42 Å². The Morgan fingerprint density at radius 2 is 1.88 bits per heavy atom. The number of furan rings is 1. The van der Waals surface area contributed by atoms with Crippen LogP contribution in [-0.2, 0) is 6.54 Å². The third-order valence-corrected chi connectivity index (χ3v) is 3.62. The summed E-state index contributed by atoms with van der Waals surface area (Å²) in [5.41, 5.74) is 1.61. The summed E-state index contributed by atoms with van der Waals surface area (Å²) in [5, 5.41) is 8.02. The molecule has 6 heteroatoms. The number of nitrogens with one attached hydrogen (secondary N) is 1. The molecule has 1 N–H and O–H groups in total. The van der Waals surface area contributed by atoms with Gasteiger partial charge in [0.25, 0.3) is 5.91 Å². The van der Waals surface area contributed by atoms with Gasteiger partial charge in [-0.25, -0.2) is 9.67 Å². The fraction of sp³-hybridized carbons (Fsp3) is 0.0556. The number of aromatic nitrogens is 3. The molecule has 2 heterocycles. The van der Waals surface area contributed by atoms with Gasteiger partial charge in [0.05, 0.1) is 12.2 Å². The summed E-state index contributed by atoms with van der Waals surface area (Å²) in [6, 6.07) is 18.9. The lowest BCUT2D eigenvalue weighted by Crippen LogP contribution is -2.23. The Balaban J connectivity index is 1.45. The van der Waals surface area contributed by atoms with E-state index in [1.165, 1.54) is 0 Å². The van der Waals surface area contributed by atoms with E-state index >= 15 is 0 Å². The minimum Gasteiger partial charge on any atom is -0.451 e. The van der Waals surface area contributed by atoms with Crippen molar-refractivity contribution < 1.29 is 9.21 Å². The molecule has 2 aromatic carbocycles. The summed E-state index contributed by atoms with van der Waals surface area (Å²) in [5.74, 6) is 0.518. The third-order valence-electron chi connectivity index (χ3n) is 3.62. The van der Waals surface area contributed by atoms with Crippen molar-refractivity contribution in [3.63, 3.8) is 0 Å². The van der Waals surface area contributed by atoms with Crippen LogP contribution in [0.15, 0.2) is 71.4 Å². The highest BCUT2D eigenvalue weighted by atomic mass is 16.3. The zero-order chi connectivity index (χ0) is 16.4. The van der Waals surface area contributed by atoms with Crippen LogP contribution in [0.5, 0.6) is 0 Å². The van der Waals surface area contributed by atoms with Crippen molar-refractivity contribution in [2.24, 2.45) is 0 Å². The van der Waals surface area contributed by atoms with Crippen molar-refractivity contribution in [1.29, 1.82) is 0 Å². The van der Waals surface area contributed by atoms with Crippen LogP contribution in [0.25, 0.3) is 16.7 Å². The second-order valence-corrected chi connectivity index (χ2v) is 5.27. The predicted octanol–water partition coefficient (Wildman–Crippen LogP) is 2.94. The quantitative estimate of drug-likeness (QED) is 0.628. The average Bonchev–Trinajstić information content (AvgIpc) is 3.27. The zero-order valence-corrected chi connectivity index (χ0v) is 12.7. The lowest BCUT2D eigenvalue weighted by atomic mass is 10.2. The molecule has 4 aromatic rings. The van der Waals surface area contributed by atoms with Crippen molar-refractivity contribution in [1.82, 2.24) is 20.1 Å². The Hall–Kier alpha value is -3.41. The van der Waals surface area contributed by atoms with Crippen molar-refractivity contribution >= 4 is 16.9 Å². The maximum absolute atomic E-state index is 12.2. The number of fused-ring (bicyclic) bond motifs is 1. The molecule has 2 aromatic heterocycles. The highest BCUT2D eigenvalue weighted by molar-refractivity contribution is 5.95. The molecule has 118 valence electrons. The highest BCUT2D eigenvalue weighted by Crippen LogP contribution is 2.18. The first-order valence-electron chi connectivity index (χ1n) is 7.52. The maximum atomic E-state index is 12.2. The average molecular weight is 318 g/mol. The van der Waals surface area contributed by atoms with E-state index in [0.717, 1.165) is 11.1 Å². The molecule has 24 heavy (non-hydrogen) atoms. The summed E-state index contributed by atoms with van der Waals surface area (Å²) in [6.45, 7) is 0.232. The lowest BCUT2D eigenvalue weighted by Gasteiger charge is -2.00. The second kappa shape index (κ2) is 6.00. The van der Waals surface area contributed by atoms with E-state index in [-0.39, 0.29) is 18.2 Å². The SMILES string of the molecule is O=C(NCc1ncn(-c2ccccc2)n1)c1cc2ccccc2o1. The summed E-state index contributed by atoms with van der Waals surface area (Å²) in [4.78, 5) is 16.4. The number of rotatable bonds is 4. The van der Waals surface area contributed by atoms with Gasteiger partial charge in [-0.05, 0) is 24.3 Å². The molecule has 1 amide bonds. The number of hydrogen-bond acceptors (Lipinski definition) is 4. The Kier molecular flexibility index (Phi) is 3.55. The van der Waals surface area contributed by atoms with Gasteiger partial charge in [0.2, 0.25) is 0 Å². The van der Waals surface area contributed by atoms with E-state index in [1.54, 1.807) is 17.1 Å². The molecular formula is C18H14N4O2. The van der Waals surface area contributed by atoms with Gasteiger partial charge in [0.15, 0.2) is 11.6 Å². The van der Waals surface area contributed by atoms with Crippen LogP contribution in [0.2, 0.25) is 0 Å². The molecule has 0 aliphatic carbocycles. The summed E-state index contributed by atoms with van der Waals surface area (Å²) in [6.07, 6.45) is 1.62. The molecule has 0 unspecified atom stereocenters. The lowest BCUT2D eigenvalue weighted by molar-refractivity contribution is 0.0924. The van der Waals surface area contributed by atoms with Crippen LogP contribution in [-0.4, -0.2) is 20.7 Å². The zero-order valence-electron chi connectivity index (χ0n) is 12.7. The van der Waals surface area contributed by atoms with Gasteiger partial charge in [-0.15, -0.1) is 5.10 Å². The van der Waals surface area contributed by atoms with Gasteiger partial charge in [-0.2, -0.15) is 0 Å². The van der Waals surface area contributed by atoms with E-state index in [2.05, 4.69) is 15.4 Å². The topological polar surface area (TPSA) is 73.0 Å². The van der Waals surface area contributed by atoms with Crippen molar-refractivity contribution in [3.8, 4) is 5.69 Å². The molecule has 0 saturated carbocycles. The second-order valence-electron chi connectivity index (χ2n) is 5.27. The molecule has 0 aliphatic heterocycles. The predicted molar refractivity (Wildman–Crippen MR) is 88.7 cm³/mol. The summed E-state index contributed by atoms with van der Waals surface area (Å²) >= 11 is 0. The van der Waals surface area contributed by atoms with Crippen LogP contribution < -0.4 is 5.32 Å². The molecular weight excluding hydrogens is 304 g/mol. The molecule has 6 nitrogen and oxygen atoms in total. The van der Waals surface area contributed by atoms with Crippen molar-refractivity contribution in [2.75, 3.05) is 0 Å². The highest BCUT2D eigenvalue weighted by Gasteiger charge is 2.12. The largest absolute Gasteiger partial charge is 0.451 e. The van der Waals surface area contributed by atoms with E-state index in [9.17, 15) is 4.79 Å². The number of benzene rings is 2. The molecule has 0 aliphatic rings. The molecule has 0 fully saturated rings. The molecule has 0 bridgehead atoms. The Labute approximate surface area is 137 Å². The normalized spacial score (nSPS) is 10.8. The Morgan fingerprint density at radius 3 is 2.71 bits per heavy atom. The summed E-state index contributed by atoms with van der Waals surface area (Å²) < 4.78 is 7.20. The third kappa shape index (κ3) is 2.77. The fourth-order valence-electron chi connectivity index (χ4n) is 2.42. The van der Waals surface area contributed by atoms with E-state index < -0.39 is 0 Å². The number of amides is 1. The summed E-state index contributed by atoms with van der Waals surface area (Å²) in [7, 11) is 0. The van der Waals surface area contributed by atoms with Crippen molar-refractivity contribution in [3.05, 3.63) is 78.6 Å². The van der Waals surface area contributed by atoms with Crippen LogP contribution in [0.4, 0.5) is 0 Å². The molecule has 0 atom stereocenters. The van der Waals surface area contributed by atoms with Gasteiger partial charge < -0.3 is 9.73 Å². The Bertz CT molecular complexity index is 955. The van der Waals surface area contributed by atoms with Gasteiger partial charge in [-0.1, -0.05) is 36.4 Å². The first-order valence-corrected chi connectivity index (χ1v) is 7.52. The molecule has 0 radical (unpaired) electrons. The minimum atomic E-state index is -0.290. The van der Waals surface area contributed by atoms with Crippen molar-refractivity contribution in [2.45, 2.75) is 6.54 Å². The number of carbonyl (C=O) groups is 1. The van der Waals surface area contributed by atoms with Crippen LogP contribution in [0.3, 0.4) is 0 Å².